The third-order valence-electron chi connectivity index (χ3n) is 1.95. The van der Waals surface area contributed by atoms with Crippen molar-refractivity contribution in [1.29, 1.82) is 0 Å². The SMILES string of the molecule is CC[C@H]1C=C(C)CC1. The van der Waals surface area contributed by atoms with Crippen LogP contribution in [0, 0.1) is 5.92 Å². The Balaban J connectivity index is 2.41. The van der Waals surface area contributed by atoms with E-state index in [9.17, 15) is 0 Å². The molecule has 0 radical (unpaired) electrons. The third-order valence-corrected chi connectivity index (χ3v) is 1.95. The first-order valence-corrected chi connectivity index (χ1v) is 3.50. The van der Waals surface area contributed by atoms with Crippen molar-refractivity contribution in [1.82, 2.24) is 0 Å². The van der Waals surface area contributed by atoms with Crippen LogP contribution in [0.3, 0.4) is 0 Å². The van der Waals surface area contributed by atoms with Gasteiger partial charge in [-0.05, 0) is 32.1 Å². The van der Waals surface area contributed by atoms with Gasteiger partial charge in [0.05, 0.1) is 0 Å². The van der Waals surface area contributed by atoms with Gasteiger partial charge in [-0.1, -0.05) is 18.6 Å². The summed E-state index contributed by atoms with van der Waals surface area (Å²) in [6.45, 7) is 4.50. The summed E-state index contributed by atoms with van der Waals surface area (Å²) < 4.78 is 0. The lowest BCUT2D eigenvalue weighted by atomic mass is 10.1. The van der Waals surface area contributed by atoms with Crippen molar-refractivity contribution >= 4 is 0 Å². The van der Waals surface area contributed by atoms with Gasteiger partial charge in [0.25, 0.3) is 0 Å². The summed E-state index contributed by atoms with van der Waals surface area (Å²) in [4.78, 5) is 0. The molecule has 0 spiro atoms. The second kappa shape index (κ2) is 2.34. The summed E-state index contributed by atoms with van der Waals surface area (Å²) in [5, 5.41) is 0. The second-order valence-electron chi connectivity index (χ2n) is 2.72. The van der Waals surface area contributed by atoms with Crippen LogP contribution < -0.4 is 0 Å². The largest absolute Gasteiger partial charge is 0.0825 e. The van der Waals surface area contributed by atoms with E-state index in [-0.39, 0.29) is 0 Å². The van der Waals surface area contributed by atoms with E-state index in [1.54, 1.807) is 5.57 Å². The van der Waals surface area contributed by atoms with E-state index >= 15 is 0 Å². The molecule has 0 unspecified atom stereocenters. The van der Waals surface area contributed by atoms with Crippen LogP contribution in [-0.4, -0.2) is 0 Å². The molecular weight excluding hydrogens is 96.1 g/mol. The molecule has 0 aromatic carbocycles. The Morgan fingerprint density at radius 2 is 2.50 bits per heavy atom. The zero-order valence-corrected chi connectivity index (χ0v) is 5.78. The monoisotopic (exact) mass is 110 g/mol. The highest BCUT2D eigenvalue weighted by molar-refractivity contribution is 5.07. The Bertz CT molecular complexity index is 101. The summed E-state index contributed by atoms with van der Waals surface area (Å²) in [5.74, 6) is 0.912. The third kappa shape index (κ3) is 1.12. The van der Waals surface area contributed by atoms with Gasteiger partial charge in [-0.15, -0.1) is 0 Å². The van der Waals surface area contributed by atoms with Crippen molar-refractivity contribution in [2.45, 2.75) is 33.1 Å². The average molecular weight is 110 g/mol. The van der Waals surface area contributed by atoms with Crippen molar-refractivity contribution in [2.75, 3.05) is 0 Å². The smallest absolute Gasteiger partial charge is 0.0231 e. The van der Waals surface area contributed by atoms with Crippen LogP contribution in [0.4, 0.5) is 0 Å². The van der Waals surface area contributed by atoms with Crippen LogP contribution in [0.5, 0.6) is 0 Å². The summed E-state index contributed by atoms with van der Waals surface area (Å²) in [5.41, 5.74) is 1.59. The van der Waals surface area contributed by atoms with Gasteiger partial charge in [0.2, 0.25) is 0 Å². The molecule has 0 fully saturated rings. The maximum Gasteiger partial charge on any atom is -0.0231 e. The number of rotatable bonds is 1. The van der Waals surface area contributed by atoms with Crippen LogP contribution in [-0.2, 0) is 0 Å². The molecule has 0 nitrogen and oxygen atoms in total. The Morgan fingerprint density at radius 1 is 1.75 bits per heavy atom. The molecule has 0 aliphatic heterocycles. The molecule has 0 N–H and O–H groups in total. The number of allylic oxidation sites excluding steroid dienone is 2. The lowest BCUT2D eigenvalue weighted by Crippen LogP contribution is -1.84. The fourth-order valence-electron chi connectivity index (χ4n) is 1.30. The molecule has 1 atom stereocenters. The highest BCUT2D eigenvalue weighted by atomic mass is 14.1. The zero-order valence-electron chi connectivity index (χ0n) is 5.78. The molecule has 1 rings (SSSR count). The van der Waals surface area contributed by atoms with Crippen LogP contribution in [0.15, 0.2) is 11.6 Å². The summed E-state index contributed by atoms with van der Waals surface area (Å²) in [6.07, 6.45) is 6.50. The zero-order chi connectivity index (χ0) is 5.98. The lowest BCUT2D eigenvalue weighted by molar-refractivity contribution is 0.611. The van der Waals surface area contributed by atoms with Crippen molar-refractivity contribution in [3.63, 3.8) is 0 Å². The molecule has 0 aromatic rings. The molecule has 0 saturated heterocycles. The van der Waals surface area contributed by atoms with E-state index in [0.29, 0.717) is 0 Å². The minimum absolute atomic E-state index is 0.912. The minimum atomic E-state index is 0.912. The molecular formula is C8H14. The second-order valence-corrected chi connectivity index (χ2v) is 2.72. The Hall–Kier alpha value is -0.260. The van der Waals surface area contributed by atoms with Crippen molar-refractivity contribution in [3.8, 4) is 0 Å². The summed E-state index contributed by atoms with van der Waals surface area (Å²) in [6, 6.07) is 0. The van der Waals surface area contributed by atoms with Crippen LogP contribution in [0.25, 0.3) is 0 Å². The van der Waals surface area contributed by atoms with Gasteiger partial charge in [0, 0.05) is 0 Å². The van der Waals surface area contributed by atoms with E-state index in [2.05, 4.69) is 19.9 Å². The van der Waals surface area contributed by atoms with Crippen molar-refractivity contribution < 1.29 is 0 Å². The maximum absolute atomic E-state index is 2.42. The molecule has 0 heterocycles. The molecule has 0 saturated carbocycles. The molecule has 0 bridgehead atoms. The van der Waals surface area contributed by atoms with Gasteiger partial charge in [0.15, 0.2) is 0 Å². The van der Waals surface area contributed by atoms with E-state index in [1.807, 2.05) is 0 Å². The molecule has 8 heavy (non-hydrogen) atoms. The molecule has 46 valence electrons. The van der Waals surface area contributed by atoms with Gasteiger partial charge in [-0.3, -0.25) is 0 Å². The highest BCUT2D eigenvalue weighted by Gasteiger charge is 2.09. The van der Waals surface area contributed by atoms with Gasteiger partial charge in [-0.25, -0.2) is 0 Å². The van der Waals surface area contributed by atoms with Gasteiger partial charge in [0.1, 0.15) is 0 Å². The first-order chi connectivity index (χ1) is 3.83. The highest BCUT2D eigenvalue weighted by Crippen LogP contribution is 2.25. The Morgan fingerprint density at radius 3 is 2.75 bits per heavy atom. The molecule has 0 amide bonds. The Labute approximate surface area is 51.6 Å². The Kier molecular flexibility index (Phi) is 1.72. The van der Waals surface area contributed by atoms with Crippen LogP contribution in [0.2, 0.25) is 0 Å². The summed E-state index contributed by atoms with van der Waals surface area (Å²) >= 11 is 0. The lowest BCUT2D eigenvalue weighted by Gasteiger charge is -1.97. The fourth-order valence-corrected chi connectivity index (χ4v) is 1.30. The topological polar surface area (TPSA) is 0 Å². The maximum atomic E-state index is 2.42. The van der Waals surface area contributed by atoms with Gasteiger partial charge in [-0.2, -0.15) is 0 Å². The first-order valence-electron chi connectivity index (χ1n) is 3.50. The predicted molar refractivity (Wildman–Crippen MR) is 36.8 cm³/mol. The number of hydrogen-bond acceptors (Lipinski definition) is 0. The normalized spacial score (nSPS) is 28.2. The average Bonchev–Trinajstić information content (AvgIpc) is 2.14. The fraction of sp³-hybridized carbons (Fsp3) is 0.750. The molecule has 1 aliphatic carbocycles. The molecule has 0 heteroatoms. The molecule has 1 aliphatic rings. The first kappa shape index (κ1) is 5.87. The van der Waals surface area contributed by atoms with Crippen LogP contribution in [0.1, 0.15) is 33.1 Å². The predicted octanol–water partition coefficient (Wildman–Crippen LogP) is 2.75. The standard InChI is InChI=1S/C8H14/c1-3-8-5-4-7(2)6-8/h6,8H,3-5H2,1-2H3/t8-/m1/s1. The van der Waals surface area contributed by atoms with Crippen molar-refractivity contribution in [2.24, 2.45) is 5.92 Å². The van der Waals surface area contributed by atoms with Gasteiger partial charge >= 0.3 is 0 Å². The van der Waals surface area contributed by atoms with Crippen molar-refractivity contribution in [3.05, 3.63) is 11.6 Å². The number of hydrogen-bond donors (Lipinski definition) is 0. The quantitative estimate of drug-likeness (QED) is 0.455. The van der Waals surface area contributed by atoms with E-state index in [1.165, 1.54) is 19.3 Å². The van der Waals surface area contributed by atoms with Crippen LogP contribution >= 0.6 is 0 Å². The van der Waals surface area contributed by atoms with E-state index in [4.69, 9.17) is 0 Å². The van der Waals surface area contributed by atoms with E-state index in [0.717, 1.165) is 5.92 Å². The summed E-state index contributed by atoms with van der Waals surface area (Å²) in [7, 11) is 0. The molecule has 0 aromatic heterocycles. The van der Waals surface area contributed by atoms with Gasteiger partial charge < -0.3 is 0 Å². The van der Waals surface area contributed by atoms with E-state index < -0.39 is 0 Å². The minimum Gasteiger partial charge on any atom is -0.0825 e.